The molecule has 0 aliphatic rings. The fourth-order valence-electron chi connectivity index (χ4n) is 2.32. The molecule has 108 valence electrons. The summed E-state index contributed by atoms with van der Waals surface area (Å²) in [6.07, 6.45) is 0. The molecule has 0 radical (unpaired) electrons. The maximum atomic E-state index is 6.10. The van der Waals surface area contributed by atoms with E-state index in [0.717, 1.165) is 32.6 Å². The lowest BCUT2D eigenvalue weighted by Gasteiger charge is -2.19. The highest BCUT2D eigenvalue weighted by Gasteiger charge is 2.09. The summed E-state index contributed by atoms with van der Waals surface area (Å²) in [6, 6.07) is 12.4. The topological polar surface area (TPSA) is 16.1 Å². The molecule has 21 heavy (non-hydrogen) atoms. The van der Waals surface area contributed by atoms with Crippen molar-refractivity contribution in [2.75, 3.05) is 11.9 Å². The molecule has 0 bridgehead atoms. The fraction of sp³-hybridized carbons (Fsp3) is 0.188. The van der Waals surface area contributed by atoms with Gasteiger partial charge in [-0.25, -0.2) is 4.98 Å². The van der Waals surface area contributed by atoms with E-state index in [2.05, 4.69) is 51.5 Å². The van der Waals surface area contributed by atoms with Gasteiger partial charge in [-0.15, -0.1) is 22.9 Å². The van der Waals surface area contributed by atoms with Crippen molar-refractivity contribution < 1.29 is 0 Å². The number of hydrogen-bond acceptors (Lipinski definition) is 3. The number of fused-ring (bicyclic) bond motifs is 1. The minimum Gasteiger partial charge on any atom is -0.355 e. The van der Waals surface area contributed by atoms with Crippen LogP contribution in [0.2, 0.25) is 0 Å². The predicted molar refractivity (Wildman–Crippen MR) is 95.4 cm³/mol. The van der Waals surface area contributed by atoms with Crippen molar-refractivity contribution in [3.8, 4) is 0 Å². The first-order valence-electron chi connectivity index (χ1n) is 6.56. The lowest BCUT2D eigenvalue weighted by molar-refractivity contribution is 0.905. The van der Waals surface area contributed by atoms with Gasteiger partial charge in [0.05, 0.1) is 9.30 Å². The smallest absolute Gasteiger partial charge is 0.129 e. The molecule has 3 rings (SSSR count). The van der Waals surface area contributed by atoms with Crippen LogP contribution < -0.4 is 4.90 Å². The third kappa shape index (κ3) is 3.23. The summed E-state index contributed by atoms with van der Waals surface area (Å²) in [4.78, 5) is 6.90. The van der Waals surface area contributed by atoms with Gasteiger partial charge < -0.3 is 4.90 Å². The Hall–Kier alpha value is -1.10. The predicted octanol–water partition coefficient (Wildman–Crippen LogP) is 5.43. The first-order chi connectivity index (χ1) is 10.2. The standard InChI is InChI=1S/C16H14BrClN2S/c1-20(9-11-6-15(17)21-10-11)16-7-12(8-18)13-4-2-3-5-14(13)19-16/h2-7,10H,8-9H2,1H3. The molecule has 2 nitrogen and oxygen atoms in total. The van der Waals surface area contributed by atoms with Crippen molar-refractivity contribution >= 4 is 55.6 Å². The molecule has 2 aromatic heterocycles. The zero-order valence-corrected chi connectivity index (χ0v) is 14.7. The molecule has 0 saturated heterocycles. The van der Waals surface area contributed by atoms with Crippen LogP contribution in [0.4, 0.5) is 5.82 Å². The number of nitrogens with zero attached hydrogens (tertiary/aromatic N) is 2. The maximum Gasteiger partial charge on any atom is 0.129 e. The van der Waals surface area contributed by atoms with Crippen LogP contribution in [-0.4, -0.2) is 12.0 Å². The normalized spacial score (nSPS) is 11.0. The van der Waals surface area contributed by atoms with Gasteiger partial charge >= 0.3 is 0 Å². The Morgan fingerprint density at radius 3 is 2.81 bits per heavy atom. The van der Waals surface area contributed by atoms with Crippen LogP contribution in [0.3, 0.4) is 0 Å². The van der Waals surface area contributed by atoms with E-state index in [0.29, 0.717) is 5.88 Å². The third-order valence-electron chi connectivity index (χ3n) is 3.36. The summed E-state index contributed by atoms with van der Waals surface area (Å²) in [5.41, 5.74) is 3.39. The minimum atomic E-state index is 0.494. The maximum absolute atomic E-state index is 6.10. The fourth-order valence-corrected chi connectivity index (χ4v) is 3.74. The van der Waals surface area contributed by atoms with Gasteiger partial charge in [-0.1, -0.05) is 18.2 Å². The molecule has 0 amide bonds. The van der Waals surface area contributed by atoms with Gasteiger partial charge in [0.15, 0.2) is 0 Å². The van der Waals surface area contributed by atoms with Crippen LogP contribution in [0.5, 0.6) is 0 Å². The average Bonchev–Trinajstić information content (AvgIpc) is 2.91. The number of thiophene rings is 1. The second-order valence-corrected chi connectivity index (χ2v) is 7.46. The second kappa shape index (κ2) is 6.34. The van der Waals surface area contributed by atoms with E-state index in [9.17, 15) is 0 Å². The molecule has 0 aliphatic carbocycles. The van der Waals surface area contributed by atoms with Crippen molar-refractivity contribution in [2.24, 2.45) is 0 Å². The van der Waals surface area contributed by atoms with Gasteiger partial charge in [0.2, 0.25) is 0 Å². The Morgan fingerprint density at radius 2 is 2.10 bits per heavy atom. The van der Waals surface area contributed by atoms with Crippen molar-refractivity contribution in [2.45, 2.75) is 12.4 Å². The van der Waals surface area contributed by atoms with Crippen molar-refractivity contribution in [3.63, 3.8) is 0 Å². The molecule has 2 heterocycles. The van der Waals surface area contributed by atoms with Gasteiger partial charge in [-0.3, -0.25) is 0 Å². The van der Waals surface area contributed by atoms with Gasteiger partial charge in [0.1, 0.15) is 5.82 Å². The molecule has 0 fully saturated rings. The van der Waals surface area contributed by atoms with Crippen LogP contribution >= 0.6 is 38.9 Å². The Labute approximate surface area is 141 Å². The average molecular weight is 382 g/mol. The highest BCUT2D eigenvalue weighted by atomic mass is 79.9. The number of pyridine rings is 1. The second-order valence-electron chi connectivity index (χ2n) is 4.91. The Kier molecular flexibility index (Phi) is 4.48. The van der Waals surface area contributed by atoms with Gasteiger partial charge in [0, 0.05) is 24.9 Å². The molecular weight excluding hydrogens is 368 g/mol. The van der Waals surface area contributed by atoms with Crippen LogP contribution in [0.1, 0.15) is 11.1 Å². The van der Waals surface area contributed by atoms with Crippen LogP contribution in [0.15, 0.2) is 45.6 Å². The molecule has 0 N–H and O–H groups in total. The third-order valence-corrected chi connectivity index (χ3v) is 5.21. The summed E-state index contributed by atoms with van der Waals surface area (Å²) in [7, 11) is 2.06. The minimum absolute atomic E-state index is 0.494. The lowest BCUT2D eigenvalue weighted by atomic mass is 10.1. The zero-order chi connectivity index (χ0) is 14.8. The zero-order valence-electron chi connectivity index (χ0n) is 11.5. The summed E-state index contributed by atoms with van der Waals surface area (Å²) in [5.74, 6) is 1.44. The summed E-state index contributed by atoms with van der Waals surface area (Å²) >= 11 is 11.3. The van der Waals surface area contributed by atoms with Crippen LogP contribution in [0, 0.1) is 0 Å². The Bertz CT molecular complexity index is 772. The SMILES string of the molecule is CN(Cc1csc(Br)c1)c1cc(CCl)c2ccccc2n1. The quantitative estimate of drug-likeness (QED) is 0.560. The first kappa shape index (κ1) is 14.8. The van der Waals surface area contributed by atoms with E-state index < -0.39 is 0 Å². The van der Waals surface area contributed by atoms with E-state index in [4.69, 9.17) is 16.6 Å². The first-order valence-corrected chi connectivity index (χ1v) is 8.77. The molecule has 0 unspecified atom stereocenters. The number of benzene rings is 1. The number of hydrogen-bond donors (Lipinski definition) is 0. The van der Waals surface area contributed by atoms with E-state index in [1.54, 1.807) is 11.3 Å². The highest BCUT2D eigenvalue weighted by molar-refractivity contribution is 9.11. The highest BCUT2D eigenvalue weighted by Crippen LogP contribution is 2.26. The number of para-hydroxylation sites is 1. The number of alkyl halides is 1. The molecule has 0 aliphatic heterocycles. The Morgan fingerprint density at radius 1 is 1.29 bits per heavy atom. The van der Waals surface area contributed by atoms with Crippen LogP contribution in [-0.2, 0) is 12.4 Å². The van der Waals surface area contributed by atoms with E-state index >= 15 is 0 Å². The van der Waals surface area contributed by atoms with Gasteiger partial charge in [-0.2, -0.15) is 0 Å². The molecule has 0 spiro atoms. The molecule has 0 saturated carbocycles. The number of rotatable bonds is 4. The van der Waals surface area contributed by atoms with E-state index in [1.165, 1.54) is 5.56 Å². The molecule has 3 aromatic rings. The lowest BCUT2D eigenvalue weighted by Crippen LogP contribution is -2.17. The summed E-state index contributed by atoms with van der Waals surface area (Å²) < 4.78 is 1.15. The molecule has 1 aromatic carbocycles. The van der Waals surface area contributed by atoms with Crippen molar-refractivity contribution in [3.05, 3.63) is 56.7 Å². The largest absolute Gasteiger partial charge is 0.355 e. The summed E-state index contributed by atoms with van der Waals surface area (Å²) in [6.45, 7) is 0.829. The number of halogens is 2. The summed E-state index contributed by atoms with van der Waals surface area (Å²) in [5, 5.41) is 3.28. The van der Waals surface area contributed by atoms with E-state index in [-0.39, 0.29) is 0 Å². The van der Waals surface area contributed by atoms with Gasteiger partial charge in [0.25, 0.3) is 0 Å². The van der Waals surface area contributed by atoms with Crippen LogP contribution in [0.25, 0.3) is 10.9 Å². The number of anilines is 1. The van der Waals surface area contributed by atoms with Crippen molar-refractivity contribution in [1.82, 2.24) is 4.98 Å². The number of aromatic nitrogens is 1. The van der Waals surface area contributed by atoms with E-state index in [1.807, 2.05) is 18.2 Å². The molecule has 5 heteroatoms. The monoisotopic (exact) mass is 380 g/mol. The van der Waals surface area contributed by atoms with Crippen molar-refractivity contribution in [1.29, 1.82) is 0 Å². The molecule has 0 atom stereocenters. The van der Waals surface area contributed by atoms with Gasteiger partial charge in [-0.05, 0) is 50.6 Å². The Balaban J connectivity index is 1.95. The molecular formula is C16H14BrClN2S.